The molecule has 7 heteroatoms. The second kappa shape index (κ2) is 8.69. The summed E-state index contributed by atoms with van der Waals surface area (Å²) < 4.78 is 1.68. The van der Waals surface area contributed by atoms with Crippen molar-refractivity contribution in [3.8, 4) is 16.9 Å². The van der Waals surface area contributed by atoms with Gasteiger partial charge in [-0.05, 0) is 61.4 Å². The number of aryl methyl sites for hydroxylation is 2. The molecule has 0 bridgehead atoms. The molecule has 32 heavy (non-hydrogen) atoms. The van der Waals surface area contributed by atoms with Crippen LogP contribution < -0.4 is 11.1 Å². The standard InChI is InChI=1S/C25H21ClN4O2/c1-15-8-9-17(12-16(15)2)23-21(14-30(29-23)19-6-4-3-5-7-19)25(32)28-18-10-11-20(24(27)31)22(26)13-18/h3-14H,1-2H3,(H2,27,31)(H,28,32). The number of benzene rings is 3. The van der Waals surface area contributed by atoms with Gasteiger partial charge >= 0.3 is 0 Å². The lowest BCUT2D eigenvalue weighted by atomic mass is 10.0. The van der Waals surface area contributed by atoms with Crippen LogP contribution in [0.15, 0.2) is 72.9 Å². The minimum absolute atomic E-state index is 0.171. The molecular weight excluding hydrogens is 424 g/mol. The zero-order valence-electron chi connectivity index (χ0n) is 17.6. The van der Waals surface area contributed by atoms with Gasteiger partial charge in [-0.1, -0.05) is 41.9 Å². The van der Waals surface area contributed by atoms with Crippen molar-refractivity contribution in [3.05, 3.63) is 100 Å². The Hall–Kier alpha value is -3.90. The van der Waals surface area contributed by atoms with Gasteiger partial charge in [-0.2, -0.15) is 5.10 Å². The Balaban J connectivity index is 1.75. The van der Waals surface area contributed by atoms with E-state index in [2.05, 4.69) is 5.32 Å². The van der Waals surface area contributed by atoms with E-state index in [0.29, 0.717) is 16.9 Å². The van der Waals surface area contributed by atoms with Crippen molar-refractivity contribution in [2.45, 2.75) is 13.8 Å². The fourth-order valence-corrected chi connectivity index (χ4v) is 3.62. The van der Waals surface area contributed by atoms with E-state index in [1.165, 1.54) is 12.1 Å². The fourth-order valence-electron chi connectivity index (χ4n) is 3.35. The summed E-state index contributed by atoms with van der Waals surface area (Å²) in [4.78, 5) is 24.6. The van der Waals surface area contributed by atoms with Gasteiger partial charge in [0.25, 0.3) is 5.91 Å². The number of carbonyl (C=O) groups excluding carboxylic acids is 2. The average molecular weight is 445 g/mol. The number of amides is 2. The van der Waals surface area contributed by atoms with Crippen LogP contribution >= 0.6 is 11.6 Å². The number of primary amides is 1. The number of carbonyl (C=O) groups is 2. The molecule has 160 valence electrons. The number of para-hydroxylation sites is 1. The second-order valence-electron chi connectivity index (χ2n) is 7.48. The molecule has 0 fully saturated rings. The highest BCUT2D eigenvalue weighted by Gasteiger charge is 2.20. The van der Waals surface area contributed by atoms with E-state index < -0.39 is 5.91 Å². The maximum Gasteiger partial charge on any atom is 0.259 e. The molecular formula is C25H21ClN4O2. The van der Waals surface area contributed by atoms with Crippen molar-refractivity contribution in [1.82, 2.24) is 9.78 Å². The van der Waals surface area contributed by atoms with Crippen molar-refractivity contribution in [1.29, 1.82) is 0 Å². The highest BCUT2D eigenvalue weighted by molar-refractivity contribution is 6.34. The monoisotopic (exact) mass is 444 g/mol. The third kappa shape index (κ3) is 4.26. The lowest BCUT2D eigenvalue weighted by Gasteiger charge is -2.08. The molecule has 0 unspecified atom stereocenters. The molecule has 4 rings (SSSR count). The van der Waals surface area contributed by atoms with Gasteiger partial charge in [0.2, 0.25) is 5.91 Å². The highest BCUT2D eigenvalue weighted by atomic mass is 35.5. The van der Waals surface area contributed by atoms with Crippen molar-refractivity contribution < 1.29 is 9.59 Å². The normalized spacial score (nSPS) is 10.7. The van der Waals surface area contributed by atoms with Crippen LogP contribution in [0.4, 0.5) is 5.69 Å². The summed E-state index contributed by atoms with van der Waals surface area (Å²) >= 11 is 6.13. The summed E-state index contributed by atoms with van der Waals surface area (Å²) in [6, 6.07) is 20.1. The smallest absolute Gasteiger partial charge is 0.259 e. The third-order valence-corrected chi connectivity index (χ3v) is 5.57. The molecule has 6 nitrogen and oxygen atoms in total. The molecule has 0 aliphatic carbocycles. The van der Waals surface area contributed by atoms with Gasteiger partial charge in [-0.3, -0.25) is 9.59 Å². The van der Waals surface area contributed by atoms with E-state index in [1.807, 2.05) is 62.4 Å². The maximum absolute atomic E-state index is 13.2. The number of nitrogens with two attached hydrogens (primary N) is 1. The topological polar surface area (TPSA) is 90.0 Å². The van der Waals surface area contributed by atoms with Gasteiger partial charge in [0.15, 0.2) is 0 Å². The van der Waals surface area contributed by atoms with Crippen molar-refractivity contribution in [2.75, 3.05) is 5.32 Å². The Kier molecular flexibility index (Phi) is 5.79. The largest absolute Gasteiger partial charge is 0.366 e. The molecule has 0 saturated carbocycles. The number of rotatable bonds is 5. The molecule has 0 spiro atoms. The van der Waals surface area contributed by atoms with Gasteiger partial charge in [-0.25, -0.2) is 4.68 Å². The van der Waals surface area contributed by atoms with Gasteiger partial charge in [0.1, 0.15) is 5.69 Å². The third-order valence-electron chi connectivity index (χ3n) is 5.25. The molecule has 0 atom stereocenters. The van der Waals surface area contributed by atoms with Crippen LogP contribution in [0.2, 0.25) is 5.02 Å². The lowest BCUT2D eigenvalue weighted by Crippen LogP contribution is -2.14. The predicted molar refractivity (Wildman–Crippen MR) is 126 cm³/mol. The number of halogens is 1. The number of nitrogens with one attached hydrogen (secondary N) is 1. The molecule has 3 aromatic carbocycles. The van der Waals surface area contributed by atoms with Crippen LogP contribution in [-0.4, -0.2) is 21.6 Å². The Bertz CT molecular complexity index is 1330. The number of hydrogen-bond donors (Lipinski definition) is 2. The van der Waals surface area contributed by atoms with E-state index in [9.17, 15) is 9.59 Å². The summed E-state index contributed by atoms with van der Waals surface area (Å²) in [5.41, 5.74) is 10.9. The first-order chi connectivity index (χ1) is 15.3. The van der Waals surface area contributed by atoms with Gasteiger partial charge < -0.3 is 11.1 Å². The van der Waals surface area contributed by atoms with Crippen LogP contribution in [0, 0.1) is 13.8 Å². The highest BCUT2D eigenvalue weighted by Crippen LogP contribution is 2.27. The number of aromatic nitrogens is 2. The number of anilines is 1. The average Bonchev–Trinajstić information content (AvgIpc) is 3.22. The van der Waals surface area contributed by atoms with Gasteiger partial charge in [0, 0.05) is 17.4 Å². The molecule has 2 amide bonds. The zero-order chi connectivity index (χ0) is 22.8. The molecule has 0 radical (unpaired) electrons. The van der Waals surface area contributed by atoms with E-state index in [-0.39, 0.29) is 16.5 Å². The van der Waals surface area contributed by atoms with E-state index in [0.717, 1.165) is 22.4 Å². The SMILES string of the molecule is Cc1ccc(-c2nn(-c3ccccc3)cc2C(=O)Nc2ccc(C(N)=O)c(Cl)c2)cc1C. The van der Waals surface area contributed by atoms with Crippen LogP contribution in [0.3, 0.4) is 0 Å². The molecule has 0 aliphatic heterocycles. The lowest BCUT2D eigenvalue weighted by molar-refractivity contribution is 0.0998. The van der Waals surface area contributed by atoms with E-state index >= 15 is 0 Å². The van der Waals surface area contributed by atoms with Crippen LogP contribution in [-0.2, 0) is 0 Å². The van der Waals surface area contributed by atoms with Crippen molar-refractivity contribution in [3.63, 3.8) is 0 Å². The number of hydrogen-bond acceptors (Lipinski definition) is 3. The molecule has 0 saturated heterocycles. The minimum Gasteiger partial charge on any atom is -0.366 e. The molecule has 1 heterocycles. The Labute approximate surface area is 190 Å². The molecule has 1 aromatic heterocycles. The van der Waals surface area contributed by atoms with Gasteiger partial charge in [-0.15, -0.1) is 0 Å². The summed E-state index contributed by atoms with van der Waals surface area (Å²) in [6.07, 6.45) is 1.70. The molecule has 3 N–H and O–H groups in total. The predicted octanol–water partition coefficient (Wildman–Crippen LogP) is 5.16. The molecule has 4 aromatic rings. The molecule has 0 aliphatic rings. The Morgan fingerprint density at radius 1 is 0.938 bits per heavy atom. The van der Waals surface area contributed by atoms with Crippen molar-refractivity contribution in [2.24, 2.45) is 5.73 Å². The van der Waals surface area contributed by atoms with Gasteiger partial charge in [0.05, 0.1) is 21.8 Å². The quantitative estimate of drug-likeness (QED) is 0.445. The Morgan fingerprint density at radius 3 is 2.34 bits per heavy atom. The first-order valence-electron chi connectivity index (χ1n) is 9.97. The minimum atomic E-state index is -0.631. The van der Waals surface area contributed by atoms with E-state index in [1.54, 1.807) is 16.9 Å². The van der Waals surface area contributed by atoms with Crippen molar-refractivity contribution >= 4 is 29.1 Å². The zero-order valence-corrected chi connectivity index (χ0v) is 18.4. The summed E-state index contributed by atoms with van der Waals surface area (Å²) in [5, 5.41) is 7.72. The summed E-state index contributed by atoms with van der Waals surface area (Å²) in [7, 11) is 0. The first-order valence-corrected chi connectivity index (χ1v) is 10.3. The van der Waals surface area contributed by atoms with Crippen LogP contribution in [0.1, 0.15) is 31.8 Å². The first kappa shape index (κ1) is 21.3. The second-order valence-corrected chi connectivity index (χ2v) is 7.89. The number of nitrogens with zero attached hydrogens (tertiary/aromatic N) is 2. The summed E-state index contributed by atoms with van der Waals surface area (Å²) in [5.74, 6) is -0.975. The fraction of sp³-hybridized carbons (Fsp3) is 0.0800. The van der Waals surface area contributed by atoms with Crippen LogP contribution in [0.25, 0.3) is 16.9 Å². The summed E-state index contributed by atoms with van der Waals surface area (Å²) in [6.45, 7) is 4.06. The maximum atomic E-state index is 13.2. The van der Waals surface area contributed by atoms with Crippen LogP contribution in [0.5, 0.6) is 0 Å². The van der Waals surface area contributed by atoms with E-state index in [4.69, 9.17) is 22.4 Å². The Morgan fingerprint density at radius 2 is 1.69 bits per heavy atom.